The Labute approximate surface area is 204 Å². The molecular formula is C27H29ClN4O2. The van der Waals surface area contributed by atoms with Crippen LogP contribution in [0, 0.1) is 5.41 Å². The Morgan fingerprint density at radius 1 is 1.06 bits per heavy atom. The quantitative estimate of drug-likeness (QED) is 0.314. The molecule has 2 heterocycles. The molecule has 2 N–H and O–H groups in total. The predicted molar refractivity (Wildman–Crippen MR) is 136 cm³/mol. The molecule has 2 aromatic carbocycles. The Hall–Kier alpha value is -3.38. The van der Waals surface area contributed by atoms with Crippen LogP contribution in [0.4, 0.5) is 4.79 Å². The van der Waals surface area contributed by atoms with Crippen LogP contribution in [0.15, 0.2) is 73.3 Å². The highest BCUT2D eigenvalue weighted by atomic mass is 35.5. The molecule has 6 nitrogen and oxygen atoms in total. The van der Waals surface area contributed by atoms with Crippen LogP contribution in [0.3, 0.4) is 0 Å². The maximum atomic E-state index is 11.6. The van der Waals surface area contributed by atoms with Crippen molar-refractivity contribution in [2.24, 2.45) is 5.41 Å². The summed E-state index contributed by atoms with van der Waals surface area (Å²) < 4.78 is 1.98. The summed E-state index contributed by atoms with van der Waals surface area (Å²) in [5.41, 5.74) is 2.99. The lowest BCUT2D eigenvalue weighted by molar-refractivity contribution is 0.170. The number of hydrogen-bond acceptors (Lipinski definition) is 3. The lowest BCUT2D eigenvalue weighted by Gasteiger charge is -2.34. The molecule has 0 bridgehead atoms. The highest BCUT2D eigenvalue weighted by Crippen LogP contribution is 2.36. The SMILES string of the molecule is CC(C)(C)[C@H](CC(Cc1ccc(Cl)cc1)NC(=O)O)n1cc(-c2ccc3cnccc3c2)cn1. The second kappa shape index (κ2) is 9.85. The van der Waals surface area contributed by atoms with Crippen LogP contribution in [0.5, 0.6) is 0 Å². The minimum Gasteiger partial charge on any atom is -0.465 e. The molecule has 176 valence electrons. The second-order valence-corrected chi connectivity index (χ2v) is 10.2. The molecule has 0 radical (unpaired) electrons. The van der Waals surface area contributed by atoms with Crippen LogP contribution in [0.25, 0.3) is 21.9 Å². The van der Waals surface area contributed by atoms with E-state index in [9.17, 15) is 9.90 Å². The van der Waals surface area contributed by atoms with E-state index in [0.29, 0.717) is 17.9 Å². The highest BCUT2D eigenvalue weighted by molar-refractivity contribution is 6.30. The van der Waals surface area contributed by atoms with Gasteiger partial charge in [-0.15, -0.1) is 0 Å². The van der Waals surface area contributed by atoms with Gasteiger partial charge in [-0.2, -0.15) is 5.10 Å². The molecule has 4 aromatic rings. The Kier molecular flexibility index (Phi) is 6.89. The molecule has 7 heteroatoms. The van der Waals surface area contributed by atoms with Crippen molar-refractivity contribution in [3.63, 3.8) is 0 Å². The number of rotatable bonds is 7. The third kappa shape index (κ3) is 5.75. The van der Waals surface area contributed by atoms with Gasteiger partial charge in [-0.3, -0.25) is 9.67 Å². The number of halogens is 1. The summed E-state index contributed by atoms with van der Waals surface area (Å²) in [6.45, 7) is 6.46. The zero-order valence-corrected chi connectivity index (χ0v) is 20.3. The number of aromatic nitrogens is 3. The van der Waals surface area contributed by atoms with E-state index in [4.69, 9.17) is 16.7 Å². The molecule has 0 saturated carbocycles. The molecule has 0 fully saturated rings. The van der Waals surface area contributed by atoms with Gasteiger partial charge in [0.1, 0.15) is 0 Å². The molecule has 34 heavy (non-hydrogen) atoms. The lowest BCUT2D eigenvalue weighted by Crippen LogP contribution is -2.40. The smallest absolute Gasteiger partial charge is 0.404 e. The van der Waals surface area contributed by atoms with E-state index in [1.165, 1.54) is 0 Å². The first-order chi connectivity index (χ1) is 16.2. The number of fused-ring (bicyclic) bond motifs is 1. The first kappa shape index (κ1) is 23.8. The van der Waals surface area contributed by atoms with E-state index in [-0.39, 0.29) is 17.5 Å². The van der Waals surface area contributed by atoms with E-state index in [1.807, 2.05) is 47.4 Å². The predicted octanol–water partition coefficient (Wildman–Crippen LogP) is 6.61. The fourth-order valence-corrected chi connectivity index (χ4v) is 4.45. The van der Waals surface area contributed by atoms with Gasteiger partial charge >= 0.3 is 6.09 Å². The number of carboxylic acid groups (broad SMARTS) is 1. The van der Waals surface area contributed by atoms with Gasteiger partial charge in [0.2, 0.25) is 0 Å². The van der Waals surface area contributed by atoms with Gasteiger partial charge < -0.3 is 10.4 Å². The largest absolute Gasteiger partial charge is 0.465 e. The first-order valence-corrected chi connectivity index (χ1v) is 11.7. The standard InChI is InChI=1S/C27H29ClN4O2/c1-27(2,3)25(14-24(31-26(33)34)12-18-4-8-23(28)9-5-18)32-17-22(16-30-32)19-6-7-21-15-29-11-10-20(21)13-19/h4-11,13,15-17,24-25,31H,12,14H2,1-3H3,(H,33,34)/t24?,25-/m0/s1. The summed E-state index contributed by atoms with van der Waals surface area (Å²) in [4.78, 5) is 15.7. The first-order valence-electron chi connectivity index (χ1n) is 11.3. The molecule has 0 saturated heterocycles. The van der Waals surface area contributed by atoms with Crippen molar-refractivity contribution < 1.29 is 9.90 Å². The molecule has 0 spiro atoms. The molecule has 2 atom stereocenters. The Balaban J connectivity index is 1.61. The molecular weight excluding hydrogens is 448 g/mol. The van der Waals surface area contributed by atoms with E-state index in [0.717, 1.165) is 27.5 Å². The van der Waals surface area contributed by atoms with Gasteiger partial charge in [0.05, 0.1) is 12.2 Å². The van der Waals surface area contributed by atoms with Gasteiger partial charge in [-0.05, 0) is 59.0 Å². The van der Waals surface area contributed by atoms with E-state index in [2.05, 4.69) is 55.5 Å². The van der Waals surface area contributed by atoms with Gasteiger partial charge in [0.15, 0.2) is 0 Å². The monoisotopic (exact) mass is 476 g/mol. The average Bonchev–Trinajstić information content (AvgIpc) is 3.27. The fraction of sp³-hybridized carbons (Fsp3) is 0.296. The van der Waals surface area contributed by atoms with E-state index < -0.39 is 6.09 Å². The van der Waals surface area contributed by atoms with Crippen molar-refractivity contribution in [3.05, 3.63) is 83.9 Å². The van der Waals surface area contributed by atoms with Crippen molar-refractivity contribution in [2.45, 2.75) is 45.7 Å². The number of amides is 1. The Morgan fingerprint density at radius 2 is 1.82 bits per heavy atom. The van der Waals surface area contributed by atoms with Crippen molar-refractivity contribution in [1.82, 2.24) is 20.1 Å². The average molecular weight is 477 g/mol. The zero-order chi connectivity index (χ0) is 24.3. The summed E-state index contributed by atoms with van der Waals surface area (Å²) >= 11 is 6.02. The molecule has 0 aliphatic carbocycles. The van der Waals surface area contributed by atoms with Crippen LogP contribution in [-0.4, -0.2) is 32.0 Å². The Bertz CT molecular complexity index is 1280. The zero-order valence-electron chi connectivity index (χ0n) is 19.6. The number of nitrogens with one attached hydrogen (secondary N) is 1. The number of hydrogen-bond donors (Lipinski definition) is 2. The topological polar surface area (TPSA) is 80.0 Å². The molecule has 0 aliphatic heterocycles. The van der Waals surface area contributed by atoms with Crippen molar-refractivity contribution >= 4 is 28.5 Å². The van der Waals surface area contributed by atoms with Crippen LogP contribution in [0.2, 0.25) is 5.02 Å². The number of benzene rings is 2. The third-order valence-electron chi connectivity index (χ3n) is 6.13. The number of pyridine rings is 1. The van der Waals surface area contributed by atoms with Crippen LogP contribution >= 0.6 is 11.6 Å². The normalized spacial score (nSPS) is 13.5. The van der Waals surface area contributed by atoms with Gasteiger partial charge in [0.25, 0.3) is 0 Å². The summed E-state index contributed by atoms with van der Waals surface area (Å²) in [6.07, 6.45) is 7.72. The van der Waals surface area contributed by atoms with Crippen molar-refractivity contribution in [3.8, 4) is 11.1 Å². The summed E-state index contributed by atoms with van der Waals surface area (Å²) in [5.74, 6) is 0. The molecule has 2 aromatic heterocycles. The molecule has 1 unspecified atom stereocenters. The van der Waals surface area contributed by atoms with Crippen molar-refractivity contribution in [1.29, 1.82) is 0 Å². The summed E-state index contributed by atoms with van der Waals surface area (Å²) in [5, 5.41) is 19.8. The van der Waals surface area contributed by atoms with Gasteiger partial charge in [-0.1, -0.05) is 56.6 Å². The fourth-order valence-electron chi connectivity index (χ4n) is 4.32. The minimum absolute atomic E-state index is 0.0185. The summed E-state index contributed by atoms with van der Waals surface area (Å²) in [6, 6.07) is 15.5. The van der Waals surface area contributed by atoms with Gasteiger partial charge in [0, 0.05) is 40.6 Å². The Morgan fingerprint density at radius 3 is 2.53 bits per heavy atom. The van der Waals surface area contributed by atoms with Crippen molar-refractivity contribution in [2.75, 3.05) is 0 Å². The minimum atomic E-state index is -1.03. The maximum Gasteiger partial charge on any atom is 0.404 e. The third-order valence-corrected chi connectivity index (χ3v) is 6.38. The molecule has 4 rings (SSSR count). The lowest BCUT2D eigenvalue weighted by atomic mass is 9.82. The van der Waals surface area contributed by atoms with Crippen LogP contribution in [0.1, 0.15) is 38.8 Å². The maximum absolute atomic E-state index is 11.6. The summed E-state index contributed by atoms with van der Waals surface area (Å²) in [7, 11) is 0. The van der Waals surface area contributed by atoms with Gasteiger partial charge in [-0.25, -0.2) is 4.79 Å². The molecule has 0 aliphatic rings. The van der Waals surface area contributed by atoms with E-state index >= 15 is 0 Å². The van der Waals surface area contributed by atoms with E-state index in [1.54, 1.807) is 6.20 Å². The molecule has 1 amide bonds. The second-order valence-electron chi connectivity index (χ2n) is 9.74. The van der Waals surface area contributed by atoms with Crippen LogP contribution in [-0.2, 0) is 6.42 Å². The highest BCUT2D eigenvalue weighted by Gasteiger charge is 2.31. The number of carbonyl (C=O) groups is 1. The number of nitrogens with zero attached hydrogens (tertiary/aromatic N) is 3. The van der Waals surface area contributed by atoms with Crippen LogP contribution < -0.4 is 5.32 Å².